The number of carboxylic acids is 1. The second-order valence-electron chi connectivity index (χ2n) is 3.77. The van der Waals surface area contributed by atoms with Gasteiger partial charge in [0.2, 0.25) is 5.91 Å². The third-order valence-electron chi connectivity index (χ3n) is 2.24. The molecule has 0 aliphatic carbocycles. The molecule has 1 amide bonds. The van der Waals surface area contributed by atoms with E-state index in [1.54, 1.807) is 18.3 Å². The molecule has 0 aliphatic heterocycles. The van der Waals surface area contributed by atoms with Crippen molar-refractivity contribution in [1.29, 1.82) is 0 Å². The van der Waals surface area contributed by atoms with E-state index in [1.807, 2.05) is 0 Å². The standard InChI is InChI=1S/C7H6O5.C6H6N2O/c8-3-1-4(9)6(7(11)12)5(10)2-3;7-6(9)5-2-1-3-8-4-5/h1-2,8-10H,(H,11,12);1-4H,(H2,7,9). The van der Waals surface area contributed by atoms with Gasteiger partial charge in [-0.25, -0.2) is 4.79 Å². The van der Waals surface area contributed by atoms with Crippen LogP contribution in [0.3, 0.4) is 0 Å². The number of carbonyl (C=O) groups is 2. The first-order valence-electron chi connectivity index (χ1n) is 5.51. The van der Waals surface area contributed by atoms with Crippen LogP contribution >= 0.6 is 0 Å². The lowest BCUT2D eigenvalue weighted by molar-refractivity contribution is 0.0690. The van der Waals surface area contributed by atoms with E-state index in [9.17, 15) is 9.59 Å². The number of nitrogens with two attached hydrogens (primary N) is 1. The molecule has 2 rings (SSSR count). The summed E-state index contributed by atoms with van der Waals surface area (Å²) in [5.74, 6) is -3.62. The molecular weight excluding hydrogens is 280 g/mol. The number of carboxylic acid groups (broad SMARTS) is 1. The van der Waals surface area contributed by atoms with Gasteiger partial charge in [-0.2, -0.15) is 0 Å². The maximum atomic E-state index is 10.4. The summed E-state index contributed by atoms with van der Waals surface area (Å²) in [6.45, 7) is 0. The van der Waals surface area contributed by atoms with E-state index in [2.05, 4.69) is 4.98 Å². The average Bonchev–Trinajstić information content (AvgIpc) is 2.38. The Bertz CT molecular complexity index is 634. The Morgan fingerprint density at radius 2 is 1.67 bits per heavy atom. The smallest absolute Gasteiger partial charge is 0.343 e. The zero-order valence-corrected chi connectivity index (χ0v) is 10.6. The maximum absolute atomic E-state index is 10.4. The van der Waals surface area contributed by atoms with Gasteiger partial charge in [0.15, 0.2) is 0 Å². The van der Waals surface area contributed by atoms with E-state index in [-0.39, 0.29) is 0 Å². The first-order chi connectivity index (χ1) is 9.82. The van der Waals surface area contributed by atoms with Crippen molar-refractivity contribution in [3.63, 3.8) is 0 Å². The molecule has 21 heavy (non-hydrogen) atoms. The zero-order chi connectivity index (χ0) is 16.0. The first-order valence-corrected chi connectivity index (χ1v) is 5.51. The molecule has 0 saturated carbocycles. The highest BCUT2D eigenvalue weighted by molar-refractivity contribution is 5.94. The summed E-state index contributed by atoms with van der Waals surface area (Å²) in [5.41, 5.74) is 4.76. The number of rotatable bonds is 2. The van der Waals surface area contributed by atoms with Gasteiger partial charge in [0, 0.05) is 24.5 Å². The first kappa shape index (κ1) is 15.8. The van der Waals surface area contributed by atoms with Gasteiger partial charge in [0.05, 0.1) is 5.56 Å². The monoisotopic (exact) mass is 292 g/mol. The van der Waals surface area contributed by atoms with Crippen LogP contribution in [0, 0.1) is 0 Å². The Morgan fingerprint density at radius 1 is 1.10 bits per heavy atom. The average molecular weight is 292 g/mol. The number of nitrogens with zero attached hydrogens (tertiary/aromatic N) is 1. The number of aromatic carboxylic acids is 1. The normalized spacial score (nSPS) is 9.33. The van der Waals surface area contributed by atoms with Crippen LogP contribution in [0.25, 0.3) is 0 Å². The van der Waals surface area contributed by atoms with E-state index < -0.39 is 34.7 Å². The highest BCUT2D eigenvalue weighted by atomic mass is 16.4. The summed E-state index contributed by atoms with van der Waals surface area (Å²) in [6, 6.07) is 4.96. The van der Waals surface area contributed by atoms with Crippen molar-refractivity contribution in [2.45, 2.75) is 0 Å². The Balaban J connectivity index is 0.000000219. The topological polar surface area (TPSA) is 154 Å². The predicted molar refractivity (Wildman–Crippen MR) is 71.2 cm³/mol. The van der Waals surface area contributed by atoms with E-state index >= 15 is 0 Å². The molecule has 0 atom stereocenters. The number of aromatic nitrogens is 1. The lowest BCUT2D eigenvalue weighted by Gasteiger charge is -2.02. The third-order valence-corrected chi connectivity index (χ3v) is 2.24. The van der Waals surface area contributed by atoms with E-state index in [4.69, 9.17) is 26.2 Å². The van der Waals surface area contributed by atoms with Gasteiger partial charge in [-0.05, 0) is 12.1 Å². The number of phenolic OH excluding ortho intramolecular Hbond substituents is 1. The SMILES string of the molecule is NC(=O)c1cccnc1.O=C(O)c1c(O)cc(O)cc1O. The number of phenols is 3. The fourth-order valence-corrected chi connectivity index (χ4v) is 1.33. The van der Waals surface area contributed by atoms with Crippen LogP contribution in [0.2, 0.25) is 0 Å². The molecule has 1 heterocycles. The van der Waals surface area contributed by atoms with E-state index in [0.29, 0.717) is 5.56 Å². The van der Waals surface area contributed by atoms with Crippen LogP contribution in [0.1, 0.15) is 20.7 Å². The summed E-state index contributed by atoms with van der Waals surface area (Å²) >= 11 is 0. The summed E-state index contributed by atoms with van der Waals surface area (Å²) < 4.78 is 0. The zero-order valence-electron chi connectivity index (χ0n) is 10.6. The minimum absolute atomic E-state index is 0.394. The molecule has 0 spiro atoms. The molecule has 8 heteroatoms. The van der Waals surface area contributed by atoms with E-state index in [1.165, 1.54) is 6.20 Å². The van der Waals surface area contributed by atoms with Gasteiger partial charge in [0.1, 0.15) is 22.8 Å². The largest absolute Gasteiger partial charge is 0.508 e. The second kappa shape index (κ2) is 6.75. The number of hydrogen-bond donors (Lipinski definition) is 5. The number of aromatic hydroxyl groups is 3. The molecule has 2 aromatic rings. The number of hydrogen-bond acceptors (Lipinski definition) is 6. The van der Waals surface area contributed by atoms with Gasteiger partial charge < -0.3 is 26.2 Å². The number of benzene rings is 1. The molecule has 0 radical (unpaired) electrons. The van der Waals surface area contributed by atoms with Gasteiger partial charge in [0.25, 0.3) is 0 Å². The van der Waals surface area contributed by atoms with Gasteiger partial charge >= 0.3 is 5.97 Å². The van der Waals surface area contributed by atoms with Gasteiger partial charge in [-0.1, -0.05) is 0 Å². The molecule has 8 nitrogen and oxygen atoms in total. The maximum Gasteiger partial charge on any atom is 0.343 e. The van der Waals surface area contributed by atoms with Crippen molar-refractivity contribution in [3.8, 4) is 17.2 Å². The van der Waals surface area contributed by atoms with Crippen LogP contribution in [-0.4, -0.2) is 37.3 Å². The van der Waals surface area contributed by atoms with Gasteiger partial charge in [-0.3, -0.25) is 9.78 Å². The summed E-state index contributed by atoms with van der Waals surface area (Å²) in [5, 5.41) is 35.1. The highest BCUT2D eigenvalue weighted by Gasteiger charge is 2.15. The van der Waals surface area contributed by atoms with Crippen LogP contribution < -0.4 is 5.73 Å². The molecule has 1 aromatic carbocycles. The summed E-state index contributed by atoms with van der Waals surface area (Å²) in [7, 11) is 0. The van der Waals surface area contributed by atoms with Crippen molar-refractivity contribution in [2.75, 3.05) is 0 Å². The molecule has 6 N–H and O–H groups in total. The summed E-state index contributed by atoms with van der Waals surface area (Å²) in [4.78, 5) is 24.4. The molecule has 0 aliphatic rings. The Hall–Kier alpha value is -3.29. The molecule has 0 unspecified atom stereocenters. The number of pyridine rings is 1. The van der Waals surface area contributed by atoms with E-state index in [0.717, 1.165) is 12.1 Å². The fourth-order valence-electron chi connectivity index (χ4n) is 1.33. The second-order valence-corrected chi connectivity index (χ2v) is 3.77. The third kappa shape index (κ3) is 4.39. The fraction of sp³-hybridized carbons (Fsp3) is 0. The minimum Gasteiger partial charge on any atom is -0.508 e. The lowest BCUT2D eigenvalue weighted by Crippen LogP contribution is -2.10. The molecule has 0 saturated heterocycles. The molecule has 110 valence electrons. The summed E-state index contributed by atoms with van der Waals surface area (Å²) in [6.07, 6.45) is 3.02. The van der Waals surface area contributed by atoms with Crippen LogP contribution in [0.5, 0.6) is 17.2 Å². The van der Waals surface area contributed by atoms with Crippen molar-refractivity contribution in [2.24, 2.45) is 5.73 Å². The highest BCUT2D eigenvalue weighted by Crippen LogP contribution is 2.31. The molecule has 1 aromatic heterocycles. The van der Waals surface area contributed by atoms with Crippen molar-refractivity contribution < 1.29 is 30.0 Å². The minimum atomic E-state index is -1.45. The Kier molecular flexibility index (Phi) is 5.07. The molecule has 0 fully saturated rings. The van der Waals surface area contributed by atoms with Crippen LogP contribution in [0.4, 0.5) is 0 Å². The predicted octanol–water partition coefficient (Wildman–Crippen LogP) is 0.682. The molecule has 0 bridgehead atoms. The van der Waals surface area contributed by atoms with Crippen molar-refractivity contribution >= 4 is 11.9 Å². The Labute approximate surface area is 118 Å². The van der Waals surface area contributed by atoms with Gasteiger partial charge in [-0.15, -0.1) is 0 Å². The molecular formula is C13H12N2O6. The number of primary amides is 1. The van der Waals surface area contributed by atoms with Crippen LogP contribution in [-0.2, 0) is 0 Å². The number of amides is 1. The quantitative estimate of drug-likeness (QED) is 0.545. The Morgan fingerprint density at radius 3 is 2.00 bits per heavy atom. The van der Waals surface area contributed by atoms with Crippen LogP contribution in [0.15, 0.2) is 36.7 Å². The lowest BCUT2D eigenvalue weighted by atomic mass is 10.1. The number of carbonyl (C=O) groups excluding carboxylic acids is 1. The van der Waals surface area contributed by atoms with Crippen molar-refractivity contribution in [1.82, 2.24) is 4.98 Å². The van der Waals surface area contributed by atoms with Crippen molar-refractivity contribution in [3.05, 3.63) is 47.8 Å².